The number of Topliss-reactive ketones (excluding diaryl/α,β-unsaturated/α-hetero) is 1. The van der Waals surface area contributed by atoms with E-state index in [2.05, 4.69) is 0 Å². The number of rotatable bonds is 9. The summed E-state index contributed by atoms with van der Waals surface area (Å²) in [5.74, 6) is -1.29. The molecule has 1 unspecified atom stereocenters. The van der Waals surface area contributed by atoms with Gasteiger partial charge in [-0.2, -0.15) is 4.31 Å². The van der Waals surface area contributed by atoms with Crippen LogP contribution in [0.4, 0.5) is 0 Å². The number of methoxy groups -OCH3 is 2. The molecule has 0 spiro atoms. The Labute approximate surface area is 216 Å². The van der Waals surface area contributed by atoms with Gasteiger partial charge in [0.05, 0.1) is 36.8 Å². The third-order valence-electron chi connectivity index (χ3n) is 6.45. The zero-order chi connectivity index (χ0) is 26.6. The van der Waals surface area contributed by atoms with Crippen LogP contribution in [0.1, 0.15) is 23.6 Å². The smallest absolute Gasteiger partial charge is 0.295 e. The Balaban J connectivity index is 1.72. The molecule has 1 N–H and O–H groups in total. The summed E-state index contributed by atoms with van der Waals surface area (Å²) in [5.41, 5.74) is 0.802. The lowest BCUT2D eigenvalue weighted by Gasteiger charge is -2.26. The lowest BCUT2D eigenvalue weighted by atomic mass is 9.95. The van der Waals surface area contributed by atoms with E-state index in [1.54, 1.807) is 31.4 Å². The van der Waals surface area contributed by atoms with Gasteiger partial charge in [0.25, 0.3) is 11.7 Å². The summed E-state index contributed by atoms with van der Waals surface area (Å²) in [7, 11) is -0.632. The van der Waals surface area contributed by atoms with Crippen LogP contribution in [0.3, 0.4) is 0 Å². The highest BCUT2D eigenvalue weighted by Crippen LogP contribution is 2.40. The largest absolute Gasteiger partial charge is 0.507 e. The molecule has 2 aliphatic rings. The van der Waals surface area contributed by atoms with Gasteiger partial charge in [-0.25, -0.2) is 8.42 Å². The number of amides is 1. The van der Waals surface area contributed by atoms with Crippen LogP contribution in [0, 0.1) is 0 Å². The van der Waals surface area contributed by atoms with Gasteiger partial charge in [0, 0.05) is 38.9 Å². The maximum atomic E-state index is 13.1. The Morgan fingerprint density at radius 1 is 1.03 bits per heavy atom. The lowest BCUT2D eigenvalue weighted by Crippen LogP contribution is -2.40. The van der Waals surface area contributed by atoms with Gasteiger partial charge in [-0.1, -0.05) is 12.1 Å². The van der Waals surface area contributed by atoms with Gasteiger partial charge in [0.15, 0.2) is 0 Å². The second-order valence-corrected chi connectivity index (χ2v) is 10.6. The number of sulfonamides is 1. The molecule has 0 aliphatic carbocycles. The van der Waals surface area contributed by atoms with E-state index in [1.165, 1.54) is 40.6 Å². The van der Waals surface area contributed by atoms with Crippen LogP contribution in [0.25, 0.3) is 5.76 Å². The summed E-state index contributed by atoms with van der Waals surface area (Å²) in [5, 5.41) is 11.2. The molecule has 198 valence electrons. The molecule has 1 atom stereocenters. The van der Waals surface area contributed by atoms with Crippen LogP contribution in [0.2, 0.25) is 0 Å². The van der Waals surface area contributed by atoms with Gasteiger partial charge in [-0.15, -0.1) is 0 Å². The van der Waals surface area contributed by atoms with Crippen molar-refractivity contribution in [3.63, 3.8) is 0 Å². The molecular weight excluding hydrogens is 500 g/mol. The van der Waals surface area contributed by atoms with E-state index < -0.39 is 27.8 Å². The van der Waals surface area contributed by atoms with E-state index in [0.29, 0.717) is 37.6 Å². The Morgan fingerprint density at radius 3 is 2.27 bits per heavy atom. The number of aliphatic hydroxyl groups excluding tert-OH is 1. The minimum atomic E-state index is -3.72. The zero-order valence-electron chi connectivity index (χ0n) is 20.8. The van der Waals surface area contributed by atoms with Crippen molar-refractivity contribution in [3.8, 4) is 5.75 Å². The minimum absolute atomic E-state index is 0.0589. The summed E-state index contributed by atoms with van der Waals surface area (Å²) < 4.78 is 42.8. The Kier molecular flexibility index (Phi) is 8.28. The van der Waals surface area contributed by atoms with Crippen LogP contribution < -0.4 is 4.74 Å². The second kappa shape index (κ2) is 11.4. The third kappa shape index (κ3) is 5.40. The number of benzene rings is 2. The molecule has 4 rings (SSSR count). The molecule has 2 aromatic rings. The van der Waals surface area contributed by atoms with Crippen LogP contribution in [-0.4, -0.2) is 88.1 Å². The van der Waals surface area contributed by atoms with Gasteiger partial charge in [0.1, 0.15) is 11.5 Å². The highest BCUT2D eigenvalue weighted by atomic mass is 32.2. The highest BCUT2D eigenvalue weighted by molar-refractivity contribution is 7.89. The predicted molar refractivity (Wildman–Crippen MR) is 135 cm³/mol. The van der Waals surface area contributed by atoms with Crippen molar-refractivity contribution in [1.82, 2.24) is 9.21 Å². The number of hydrogen-bond acceptors (Lipinski definition) is 8. The standard InChI is InChI=1S/C26H30N2O8S/c1-34-15-3-12-28-23(18-4-8-20(35-2)9-5-18)22(25(30)26(28)31)24(29)19-6-10-21(11-7-19)37(32,33)27-13-16-36-17-14-27/h4-11,23,29H,3,12-17H2,1-2H3. The number of carbonyl (C=O) groups is 2. The number of ketones is 1. The van der Waals surface area contributed by atoms with E-state index in [9.17, 15) is 23.1 Å². The van der Waals surface area contributed by atoms with Crippen molar-refractivity contribution in [2.24, 2.45) is 0 Å². The van der Waals surface area contributed by atoms with Gasteiger partial charge < -0.3 is 24.2 Å². The molecule has 0 aromatic heterocycles. The molecule has 2 heterocycles. The quantitative estimate of drug-likeness (QED) is 0.227. The summed E-state index contributed by atoms with van der Waals surface area (Å²) in [6.07, 6.45) is 0.504. The lowest BCUT2D eigenvalue weighted by molar-refractivity contribution is -0.140. The fraction of sp³-hybridized carbons (Fsp3) is 0.385. The number of likely N-dealkylation sites (tertiary alicyclic amines) is 1. The van der Waals surface area contributed by atoms with Crippen molar-refractivity contribution in [2.45, 2.75) is 17.4 Å². The van der Waals surface area contributed by atoms with Crippen molar-refractivity contribution >= 4 is 27.5 Å². The first-order valence-corrected chi connectivity index (χ1v) is 13.3. The molecule has 2 saturated heterocycles. The van der Waals surface area contributed by atoms with E-state index in [1.807, 2.05) is 0 Å². The highest BCUT2D eigenvalue weighted by Gasteiger charge is 2.45. The molecule has 2 aromatic carbocycles. The average molecular weight is 531 g/mol. The third-order valence-corrected chi connectivity index (χ3v) is 8.37. The van der Waals surface area contributed by atoms with E-state index in [0.717, 1.165) is 0 Å². The molecular formula is C26H30N2O8S. The summed E-state index contributed by atoms with van der Waals surface area (Å²) >= 11 is 0. The molecule has 10 nitrogen and oxygen atoms in total. The first-order chi connectivity index (χ1) is 17.8. The van der Waals surface area contributed by atoms with Crippen molar-refractivity contribution in [2.75, 3.05) is 53.7 Å². The van der Waals surface area contributed by atoms with Crippen LogP contribution in [0.15, 0.2) is 59.0 Å². The number of carbonyl (C=O) groups excluding carboxylic acids is 2. The molecule has 2 fully saturated rings. The van der Waals surface area contributed by atoms with E-state index in [4.69, 9.17) is 14.2 Å². The van der Waals surface area contributed by atoms with Gasteiger partial charge >= 0.3 is 0 Å². The number of hydrogen-bond donors (Lipinski definition) is 1. The monoisotopic (exact) mass is 530 g/mol. The molecule has 0 bridgehead atoms. The van der Waals surface area contributed by atoms with Crippen LogP contribution in [-0.2, 0) is 29.1 Å². The molecule has 37 heavy (non-hydrogen) atoms. The molecule has 0 saturated carbocycles. The number of nitrogens with zero attached hydrogens (tertiary/aromatic N) is 2. The van der Waals surface area contributed by atoms with Crippen molar-refractivity contribution in [3.05, 3.63) is 65.2 Å². The summed E-state index contributed by atoms with van der Waals surface area (Å²) in [4.78, 5) is 27.6. The normalized spacial score (nSPS) is 20.4. The number of morpholine rings is 1. The Hall–Kier alpha value is -3.25. The maximum absolute atomic E-state index is 13.1. The predicted octanol–water partition coefficient (Wildman–Crippen LogP) is 2.17. The van der Waals surface area contributed by atoms with Crippen LogP contribution >= 0.6 is 0 Å². The topological polar surface area (TPSA) is 123 Å². The van der Waals surface area contributed by atoms with Crippen molar-refractivity contribution < 1.29 is 37.3 Å². The maximum Gasteiger partial charge on any atom is 0.295 e. The SMILES string of the molecule is COCCCN1C(=O)C(=O)C(=C(O)c2ccc(S(=O)(=O)N3CCOCC3)cc2)C1c1ccc(OC)cc1. The zero-order valence-corrected chi connectivity index (χ0v) is 21.6. The Bertz CT molecular complexity index is 1270. The summed E-state index contributed by atoms with van der Waals surface area (Å²) in [6, 6.07) is 11.7. The molecule has 11 heteroatoms. The van der Waals surface area contributed by atoms with Gasteiger partial charge in [-0.3, -0.25) is 9.59 Å². The molecule has 2 aliphatic heterocycles. The number of aliphatic hydroxyl groups is 1. The molecule has 1 amide bonds. The van der Waals surface area contributed by atoms with E-state index >= 15 is 0 Å². The first kappa shape index (κ1) is 26.8. The van der Waals surface area contributed by atoms with Crippen LogP contribution in [0.5, 0.6) is 5.75 Å². The fourth-order valence-corrected chi connectivity index (χ4v) is 5.91. The van der Waals surface area contributed by atoms with E-state index in [-0.39, 0.29) is 41.4 Å². The first-order valence-electron chi connectivity index (χ1n) is 11.9. The molecule has 0 radical (unpaired) electrons. The van der Waals surface area contributed by atoms with Gasteiger partial charge in [-0.05, 0) is 48.4 Å². The number of ether oxygens (including phenoxy) is 3. The summed E-state index contributed by atoms with van der Waals surface area (Å²) in [6.45, 7) is 1.83. The second-order valence-electron chi connectivity index (χ2n) is 8.65. The Morgan fingerprint density at radius 2 is 1.68 bits per heavy atom. The fourth-order valence-electron chi connectivity index (χ4n) is 4.50. The van der Waals surface area contributed by atoms with Gasteiger partial charge in [0.2, 0.25) is 10.0 Å². The van der Waals surface area contributed by atoms with Crippen molar-refractivity contribution in [1.29, 1.82) is 0 Å². The average Bonchev–Trinajstić information content (AvgIpc) is 3.18. The minimum Gasteiger partial charge on any atom is -0.507 e.